The molecule has 10 heteroatoms. The minimum Gasteiger partial charge on any atom is -0.493 e. The number of carbonyl (C=O) groups is 2. The summed E-state index contributed by atoms with van der Waals surface area (Å²) in [4.78, 5) is 36.6. The third-order valence-corrected chi connectivity index (χ3v) is 8.33. The highest BCUT2D eigenvalue weighted by atomic mass is 79.9. The monoisotopic (exact) mass is 551 g/mol. The molecule has 184 valence electrons. The Hall–Kier alpha value is -3.53. The lowest BCUT2D eigenvalue weighted by Crippen LogP contribution is -2.40. The molecule has 2 saturated carbocycles. The van der Waals surface area contributed by atoms with Crippen LogP contribution in [-0.2, 0) is 16.2 Å². The van der Waals surface area contributed by atoms with Gasteiger partial charge in [-0.2, -0.15) is 10.1 Å². The lowest BCUT2D eigenvalue weighted by Gasteiger charge is -2.37. The average molecular weight is 552 g/mol. The Kier molecular flexibility index (Phi) is 5.44. The quantitative estimate of drug-likeness (QED) is 0.166. The number of nitrogens with zero attached hydrogens (tertiary/aromatic N) is 3. The number of hydrogen-bond donors (Lipinski definition) is 0. The lowest BCUT2D eigenvalue weighted by atomic mass is 9.63. The fourth-order valence-corrected chi connectivity index (χ4v) is 6.58. The maximum atomic E-state index is 13.1. The number of carbonyl (C=O) groups excluding carboxylic acids is 2. The predicted octanol–water partition coefficient (Wildman–Crippen LogP) is 4.33. The molecule has 0 aromatic heterocycles. The summed E-state index contributed by atoms with van der Waals surface area (Å²) in [5.41, 5.74) is 1.39. The number of hydrazone groups is 1. The van der Waals surface area contributed by atoms with E-state index in [4.69, 9.17) is 9.47 Å². The summed E-state index contributed by atoms with van der Waals surface area (Å²) in [6, 6.07) is 9.57. The molecule has 1 heterocycles. The Balaban J connectivity index is 1.18. The molecular formula is C26H22BrN3O6. The summed E-state index contributed by atoms with van der Waals surface area (Å²) in [6.45, 7) is 0.179. The molecule has 36 heavy (non-hydrogen) atoms. The van der Waals surface area contributed by atoms with Crippen molar-refractivity contribution in [2.24, 2.45) is 40.6 Å². The van der Waals surface area contributed by atoms with Crippen LogP contribution in [0.2, 0.25) is 0 Å². The second kappa shape index (κ2) is 8.55. The van der Waals surface area contributed by atoms with Gasteiger partial charge < -0.3 is 9.47 Å². The van der Waals surface area contributed by atoms with E-state index in [1.165, 1.54) is 25.5 Å². The predicted molar refractivity (Wildman–Crippen MR) is 132 cm³/mol. The van der Waals surface area contributed by atoms with Crippen molar-refractivity contribution in [3.63, 3.8) is 0 Å². The minimum absolute atomic E-state index is 0.0103. The number of imide groups is 1. The van der Waals surface area contributed by atoms with Crippen molar-refractivity contribution in [1.82, 2.24) is 5.01 Å². The van der Waals surface area contributed by atoms with Crippen molar-refractivity contribution in [2.75, 3.05) is 7.11 Å². The highest BCUT2D eigenvalue weighted by Gasteiger charge is 2.67. The first-order chi connectivity index (χ1) is 17.4. The summed E-state index contributed by atoms with van der Waals surface area (Å²) < 4.78 is 12.0. The van der Waals surface area contributed by atoms with E-state index >= 15 is 0 Å². The second-order valence-electron chi connectivity index (χ2n) is 9.63. The first-order valence-electron chi connectivity index (χ1n) is 11.7. The molecule has 2 amide bonds. The molecule has 1 saturated heterocycles. The minimum atomic E-state index is -0.453. The Morgan fingerprint density at radius 2 is 1.75 bits per heavy atom. The van der Waals surface area contributed by atoms with Crippen molar-refractivity contribution in [3.05, 3.63) is 74.3 Å². The Morgan fingerprint density at radius 3 is 2.33 bits per heavy atom. The van der Waals surface area contributed by atoms with E-state index in [1.807, 2.05) is 0 Å². The molecule has 7 rings (SSSR count). The van der Waals surface area contributed by atoms with Crippen molar-refractivity contribution >= 4 is 39.6 Å². The third kappa shape index (κ3) is 3.62. The Labute approximate surface area is 215 Å². The number of rotatable bonds is 7. The van der Waals surface area contributed by atoms with E-state index in [2.05, 4.69) is 33.2 Å². The van der Waals surface area contributed by atoms with Gasteiger partial charge in [0.2, 0.25) is 0 Å². The zero-order chi connectivity index (χ0) is 25.1. The molecule has 4 aliphatic carbocycles. The van der Waals surface area contributed by atoms with Gasteiger partial charge in [-0.1, -0.05) is 12.2 Å². The molecule has 6 unspecified atom stereocenters. The SMILES string of the molecule is COc1cc(/C=N/N2C(=O)C3C4C=CC(C5CC45)C3C2=O)cc(Br)c1OCc1ccc([N+](=O)[O-])cc1. The van der Waals surface area contributed by atoms with Gasteiger partial charge in [-0.25, -0.2) is 0 Å². The summed E-state index contributed by atoms with van der Waals surface area (Å²) in [5.74, 6) is 1.29. The number of halogens is 1. The van der Waals surface area contributed by atoms with Crippen molar-refractivity contribution < 1.29 is 24.0 Å². The van der Waals surface area contributed by atoms with Crippen LogP contribution in [-0.4, -0.2) is 35.1 Å². The summed E-state index contributed by atoms with van der Waals surface area (Å²) in [5, 5.41) is 16.2. The van der Waals surface area contributed by atoms with Gasteiger partial charge in [0.25, 0.3) is 17.5 Å². The zero-order valence-corrected chi connectivity index (χ0v) is 20.8. The third-order valence-electron chi connectivity index (χ3n) is 7.74. The van der Waals surface area contributed by atoms with Gasteiger partial charge in [-0.3, -0.25) is 19.7 Å². The van der Waals surface area contributed by atoms with Gasteiger partial charge in [-0.05, 0) is 81.4 Å². The van der Waals surface area contributed by atoms with E-state index in [0.29, 0.717) is 33.4 Å². The molecule has 0 radical (unpaired) electrons. The van der Waals surface area contributed by atoms with E-state index < -0.39 is 4.92 Å². The van der Waals surface area contributed by atoms with Crippen LogP contribution in [0.15, 0.2) is 58.1 Å². The highest BCUT2D eigenvalue weighted by molar-refractivity contribution is 9.10. The van der Waals surface area contributed by atoms with Gasteiger partial charge in [0.1, 0.15) is 6.61 Å². The van der Waals surface area contributed by atoms with Crippen LogP contribution in [0.4, 0.5) is 5.69 Å². The van der Waals surface area contributed by atoms with Crippen LogP contribution < -0.4 is 9.47 Å². The van der Waals surface area contributed by atoms with E-state index in [1.54, 1.807) is 24.3 Å². The van der Waals surface area contributed by atoms with Crippen LogP contribution in [0.3, 0.4) is 0 Å². The number of nitro benzene ring substituents is 1. The van der Waals surface area contributed by atoms with Crippen molar-refractivity contribution in [1.29, 1.82) is 0 Å². The number of nitro groups is 1. The highest BCUT2D eigenvalue weighted by Crippen LogP contribution is 2.65. The first-order valence-corrected chi connectivity index (χ1v) is 12.5. The average Bonchev–Trinajstić information content (AvgIpc) is 3.66. The molecular weight excluding hydrogens is 530 g/mol. The number of ether oxygens (including phenoxy) is 2. The number of hydrogen-bond acceptors (Lipinski definition) is 7. The molecule has 2 aromatic rings. The van der Waals surface area contributed by atoms with Gasteiger partial charge in [0.05, 0.1) is 34.6 Å². The Bertz CT molecular complexity index is 1300. The zero-order valence-electron chi connectivity index (χ0n) is 19.2. The van der Waals surface area contributed by atoms with Crippen LogP contribution in [0.25, 0.3) is 0 Å². The molecule has 0 spiro atoms. The standard InChI is InChI=1S/C26H22BrN3O6/c1-35-21-9-14(8-20(27)24(21)36-12-13-2-4-15(5-3-13)30(33)34)11-28-29-25(31)22-16-6-7-17(19-10-18(16)19)23(22)26(29)32/h2-9,11,16-19,22-23H,10,12H2,1H3/b28-11+. The van der Waals surface area contributed by atoms with Crippen molar-refractivity contribution in [3.8, 4) is 11.5 Å². The molecule has 5 aliphatic rings. The maximum absolute atomic E-state index is 13.1. The summed E-state index contributed by atoms with van der Waals surface area (Å²) in [7, 11) is 1.51. The number of non-ortho nitro benzene ring substituents is 1. The maximum Gasteiger partial charge on any atom is 0.269 e. The van der Waals surface area contributed by atoms with Gasteiger partial charge >= 0.3 is 0 Å². The van der Waals surface area contributed by atoms with Crippen LogP contribution in [0.1, 0.15) is 17.5 Å². The normalized spacial score (nSPS) is 29.4. The fraction of sp³-hybridized carbons (Fsp3) is 0.346. The van der Waals surface area contributed by atoms with Crippen LogP contribution in [0.5, 0.6) is 11.5 Å². The number of methoxy groups -OCH3 is 1. The second-order valence-corrected chi connectivity index (χ2v) is 10.5. The molecule has 3 fully saturated rings. The lowest BCUT2D eigenvalue weighted by molar-refractivity contribution is -0.384. The smallest absolute Gasteiger partial charge is 0.269 e. The summed E-state index contributed by atoms with van der Waals surface area (Å²) >= 11 is 3.49. The number of allylic oxidation sites excluding steroid dienone is 2. The Morgan fingerprint density at radius 1 is 1.11 bits per heavy atom. The molecule has 0 N–H and O–H groups in total. The molecule has 1 aliphatic heterocycles. The topological polar surface area (TPSA) is 111 Å². The molecule has 2 bridgehead atoms. The van der Waals surface area contributed by atoms with E-state index in [9.17, 15) is 19.7 Å². The largest absolute Gasteiger partial charge is 0.493 e. The van der Waals surface area contributed by atoms with Gasteiger partial charge in [0.15, 0.2) is 11.5 Å². The van der Waals surface area contributed by atoms with Crippen molar-refractivity contribution in [2.45, 2.75) is 13.0 Å². The molecule has 9 nitrogen and oxygen atoms in total. The fourth-order valence-electron chi connectivity index (χ4n) is 6.00. The van der Waals surface area contributed by atoms with E-state index in [-0.39, 0.29) is 47.8 Å². The van der Waals surface area contributed by atoms with Gasteiger partial charge in [-0.15, -0.1) is 0 Å². The number of amides is 2. The van der Waals surface area contributed by atoms with Gasteiger partial charge in [0, 0.05) is 12.1 Å². The first kappa shape index (κ1) is 22.9. The number of benzene rings is 2. The molecule has 2 aromatic carbocycles. The summed E-state index contributed by atoms with van der Waals surface area (Å²) in [6.07, 6.45) is 6.87. The molecule has 6 atom stereocenters. The van der Waals surface area contributed by atoms with Crippen LogP contribution >= 0.6 is 15.9 Å². The van der Waals surface area contributed by atoms with Crippen LogP contribution in [0, 0.1) is 45.6 Å². The van der Waals surface area contributed by atoms with E-state index in [0.717, 1.165) is 17.0 Å².